The Morgan fingerprint density at radius 3 is 2.43 bits per heavy atom. The number of likely N-dealkylation sites (tertiary alicyclic amines) is 2. The molecule has 6 nitrogen and oxygen atoms in total. The number of aliphatic hydroxyl groups excluding tert-OH is 2. The molecule has 2 fully saturated rings. The van der Waals surface area contributed by atoms with Crippen molar-refractivity contribution in [1.29, 1.82) is 0 Å². The first-order valence-corrected chi connectivity index (χ1v) is 10.3. The SMILES string of the molecule is COc1cc(CN2CCC(F)CC2)ccc1OC[C@@H](O)CN1CCC(O)CC1. The average molecular weight is 397 g/mol. The summed E-state index contributed by atoms with van der Waals surface area (Å²) < 4.78 is 24.5. The van der Waals surface area contributed by atoms with E-state index < -0.39 is 12.3 Å². The molecule has 0 unspecified atom stereocenters. The van der Waals surface area contributed by atoms with Crippen LogP contribution in [0.5, 0.6) is 11.5 Å². The highest BCUT2D eigenvalue weighted by Gasteiger charge is 2.21. The van der Waals surface area contributed by atoms with Crippen molar-refractivity contribution >= 4 is 0 Å². The quantitative estimate of drug-likeness (QED) is 0.699. The summed E-state index contributed by atoms with van der Waals surface area (Å²) in [6, 6.07) is 5.83. The van der Waals surface area contributed by atoms with E-state index in [0.717, 1.165) is 51.1 Å². The van der Waals surface area contributed by atoms with Gasteiger partial charge in [-0.25, -0.2) is 4.39 Å². The fourth-order valence-electron chi connectivity index (χ4n) is 3.89. The van der Waals surface area contributed by atoms with Crippen LogP contribution in [-0.4, -0.2) is 84.8 Å². The summed E-state index contributed by atoms with van der Waals surface area (Å²) in [6.07, 6.45) is 1.25. The molecule has 1 atom stereocenters. The predicted octanol–water partition coefficient (Wildman–Crippen LogP) is 1.83. The lowest BCUT2D eigenvalue weighted by Crippen LogP contribution is -2.41. The van der Waals surface area contributed by atoms with Crippen LogP contribution in [0.2, 0.25) is 0 Å². The van der Waals surface area contributed by atoms with E-state index in [1.165, 1.54) is 0 Å². The third-order valence-corrected chi connectivity index (χ3v) is 5.61. The van der Waals surface area contributed by atoms with Crippen LogP contribution >= 0.6 is 0 Å². The van der Waals surface area contributed by atoms with Crippen molar-refractivity contribution < 1.29 is 24.1 Å². The zero-order valence-corrected chi connectivity index (χ0v) is 16.7. The van der Waals surface area contributed by atoms with Gasteiger partial charge >= 0.3 is 0 Å². The number of rotatable bonds is 8. The largest absolute Gasteiger partial charge is 0.493 e. The Morgan fingerprint density at radius 1 is 1.07 bits per heavy atom. The van der Waals surface area contributed by atoms with Crippen molar-refractivity contribution in [2.45, 2.75) is 50.6 Å². The van der Waals surface area contributed by atoms with Crippen molar-refractivity contribution in [3.05, 3.63) is 23.8 Å². The van der Waals surface area contributed by atoms with Crippen molar-refractivity contribution in [3.63, 3.8) is 0 Å². The van der Waals surface area contributed by atoms with E-state index in [-0.39, 0.29) is 12.7 Å². The summed E-state index contributed by atoms with van der Waals surface area (Å²) >= 11 is 0. The van der Waals surface area contributed by atoms with Gasteiger partial charge in [-0.1, -0.05) is 6.07 Å². The van der Waals surface area contributed by atoms with Gasteiger partial charge in [0, 0.05) is 39.3 Å². The first-order valence-electron chi connectivity index (χ1n) is 10.3. The van der Waals surface area contributed by atoms with Crippen molar-refractivity contribution in [2.24, 2.45) is 0 Å². The second kappa shape index (κ2) is 10.4. The Hall–Kier alpha value is -1.41. The summed E-state index contributed by atoms with van der Waals surface area (Å²) in [5, 5.41) is 19.8. The summed E-state index contributed by atoms with van der Waals surface area (Å²) in [4.78, 5) is 4.41. The van der Waals surface area contributed by atoms with Crippen LogP contribution in [0.1, 0.15) is 31.2 Å². The molecule has 1 aromatic carbocycles. The second-order valence-corrected chi connectivity index (χ2v) is 7.93. The van der Waals surface area contributed by atoms with Crippen LogP contribution in [-0.2, 0) is 6.54 Å². The van der Waals surface area contributed by atoms with Gasteiger partial charge in [0.15, 0.2) is 11.5 Å². The van der Waals surface area contributed by atoms with Gasteiger partial charge in [0.05, 0.1) is 13.2 Å². The fourth-order valence-corrected chi connectivity index (χ4v) is 3.89. The summed E-state index contributed by atoms with van der Waals surface area (Å²) in [5.41, 5.74) is 1.11. The van der Waals surface area contributed by atoms with Crippen molar-refractivity contribution in [2.75, 3.05) is 46.4 Å². The highest BCUT2D eigenvalue weighted by atomic mass is 19.1. The van der Waals surface area contributed by atoms with E-state index in [9.17, 15) is 14.6 Å². The minimum Gasteiger partial charge on any atom is -0.493 e. The van der Waals surface area contributed by atoms with Gasteiger partial charge in [-0.15, -0.1) is 0 Å². The Kier molecular flexibility index (Phi) is 7.91. The number of benzene rings is 1. The molecular formula is C21H33FN2O4. The number of methoxy groups -OCH3 is 1. The minimum atomic E-state index is -0.664. The highest BCUT2D eigenvalue weighted by Crippen LogP contribution is 2.29. The maximum absolute atomic E-state index is 13.3. The van der Waals surface area contributed by atoms with E-state index in [0.29, 0.717) is 30.9 Å². The molecule has 0 aromatic heterocycles. The topological polar surface area (TPSA) is 65.4 Å². The van der Waals surface area contributed by atoms with Gasteiger partial charge in [0.1, 0.15) is 18.9 Å². The van der Waals surface area contributed by atoms with Gasteiger partial charge in [-0.3, -0.25) is 4.90 Å². The molecule has 3 rings (SSSR count). The summed E-state index contributed by atoms with van der Waals surface area (Å²) in [6.45, 7) is 4.66. The zero-order chi connectivity index (χ0) is 19.9. The summed E-state index contributed by atoms with van der Waals surface area (Å²) in [5.74, 6) is 1.26. The number of hydrogen-bond donors (Lipinski definition) is 2. The number of aliphatic hydroxyl groups is 2. The Balaban J connectivity index is 1.48. The van der Waals surface area contributed by atoms with E-state index >= 15 is 0 Å². The molecule has 0 amide bonds. The molecule has 7 heteroatoms. The first kappa shape index (κ1) is 21.3. The van der Waals surface area contributed by atoms with Gasteiger partial charge in [0.25, 0.3) is 0 Å². The summed E-state index contributed by atoms with van der Waals surface area (Å²) in [7, 11) is 1.61. The van der Waals surface area contributed by atoms with E-state index in [2.05, 4.69) is 9.80 Å². The fraction of sp³-hybridized carbons (Fsp3) is 0.714. The maximum Gasteiger partial charge on any atom is 0.161 e. The van der Waals surface area contributed by atoms with E-state index in [4.69, 9.17) is 9.47 Å². The molecule has 2 aliphatic rings. The molecule has 0 saturated carbocycles. The second-order valence-electron chi connectivity index (χ2n) is 7.93. The van der Waals surface area contributed by atoms with Crippen LogP contribution in [0.3, 0.4) is 0 Å². The Bertz CT molecular complexity index is 602. The molecule has 0 bridgehead atoms. The van der Waals surface area contributed by atoms with Crippen LogP contribution in [0.4, 0.5) is 4.39 Å². The molecule has 2 heterocycles. The van der Waals surface area contributed by atoms with Crippen LogP contribution in [0, 0.1) is 0 Å². The van der Waals surface area contributed by atoms with Gasteiger partial charge < -0.3 is 24.6 Å². The monoisotopic (exact) mass is 396 g/mol. The Morgan fingerprint density at radius 2 is 1.75 bits per heavy atom. The van der Waals surface area contributed by atoms with Crippen LogP contribution in [0.15, 0.2) is 18.2 Å². The number of piperidine rings is 2. The lowest BCUT2D eigenvalue weighted by molar-refractivity contribution is 0.0333. The highest BCUT2D eigenvalue weighted by molar-refractivity contribution is 5.43. The van der Waals surface area contributed by atoms with E-state index in [1.54, 1.807) is 7.11 Å². The normalized spacial score (nSPS) is 21.6. The number of halogens is 1. The Labute approximate surface area is 166 Å². The number of nitrogens with zero attached hydrogens (tertiary/aromatic N) is 2. The minimum absolute atomic E-state index is 0.193. The molecule has 28 heavy (non-hydrogen) atoms. The van der Waals surface area contributed by atoms with Gasteiger partial charge in [-0.05, 0) is 43.4 Å². The molecule has 158 valence electrons. The number of ether oxygens (including phenoxy) is 2. The van der Waals surface area contributed by atoms with Gasteiger partial charge in [0.2, 0.25) is 0 Å². The molecule has 0 aliphatic carbocycles. The standard InChI is InChI=1S/C21H33FN2O4/c1-27-21-12-16(13-23-8-4-17(22)5-9-23)2-3-20(21)28-15-19(26)14-24-10-6-18(25)7-11-24/h2-3,12,17-19,25-26H,4-11,13-15H2,1H3/t19-/m0/s1. The number of β-amino-alcohol motifs (C(OH)–C–C–N with tert-alkyl or cyclic N) is 1. The third kappa shape index (κ3) is 6.30. The van der Waals surface area contributed by atoms with E-state index in [1.807, 2.05) is 18.2 Å². The first-order chi connectivity index (χ1) is 13.5. The molecule has 2 N–H and O–H groups in total. The average Bonchev–Trinajstić information content (AvgIpc) is 2.70. The molecule has 1 aromatic rings. The molecule has 0 spiro atoms. The predicted molar refractivity (Wildman–Crippen MR) is 106 cm³/mol. The molecule has 2 aliphatic heterocycles. The van der Waals surface area contributed by atoms with Crippen LogP contribution < -0.4 is 9.47 Å². The molecule has 2 saturated heterocycles. The van der Waals surface area contributed by atoms with Crippen LogP contribution in [0.25, 0.3) is 0 Å². The molecule has 0 radical (unpaired) electrons. The number of alkyl halides is 1. The lowest BCUT2D eigenvalue weighted by Gasteiger charge is -2.31. The lowest BCUT2D eigenvalue weighted by atomic mass is 10.1. The van der Waals surface area contributed by atoms with Crippen molar-refractivity contribution in [3.8, 4) is 11.5 Å². The maximum atomic E-state index is 13.3. The molecular weight excluding hydrogens is 363 g/mol. The number of hydrogen-bond acceptors (Lipinski definition) is 6. The third-order valence-electron chi connectivity index (χ3n) is 5.61. The van der Waals surface area contributed by atoms with Gasteiger partial charge in [-0.2, -0.15) is 0 Å². The van der Waals surface area contributed by atoms with Crippen molar-refractivity contribution in [1.82, 2.24) is 9.80 Å². The smallest absolute Gasteiger partial charge is 0.161 e. The zero-order valence-electron chi connectivity index (χ0n) is 16.7.